The van der Waals surface area contributed by atoms with Gasteiger partial charge in [0.25, 0.3) is 5.91 Å². The maximum atomic E-state index is 11.1. The van der Waals surface area contributed by atoms with E-state index in [-0.39, 0.29) is 5.91 Å². The molecule has 0 spiro atoms. The Morgan fingerprint density at radius 2 is 1.94 bits per heavy atom. The summed E-state index contributed by atoms with van der Waals surface area (Å²) >= 11 is 0. The number of benzene rings is 1. The number of hydrogen-bond acceptors (Lipinski definition) is 3. The summed E-state index contributed by atoms with van der Waals surface area (Å²) in [7, 11) is 0. The van der Waals surface area contributed by atoms with Crippen LogP contribution in [0.25, 0.3) is 6.08 Å². The minimum absolute atomic E-state index is 0.197. The van der Waals surface area contributed by atoms with Gasteiger partial charge in [0.05, 0.1) is 5.36 Å². The van der Waals surface area contributed by atoms with Gasteiger partial charge in [-0.2, -0.15) is 0 Å². The molecule has 0 radical (unpaired) electrons. The highest BCUT2D eigenvalue weighted by Crippen LogP contribution is 2.09. The van der Waals surface area contributed by atoms with Crippen LogP contribution in [0, 0.1) is 0 Å². The van der Waals surface area contributed by atoms with Crippen molar-refractivity contribution in [2.45, 2.75) is 6.61 Å². The van der Waals surface area contributed by atoms with Gasteiger partial charge in [-0.15, -0.1) is 0 Å². The van der Waals surface area contributed by atoms with E-state index >= 15 is 0 Å². The zero-order valence-corrected chi connectivity index (χ0v) is 9.54. The van der Waals surface area contributed by atoms with Crippen LogP contribution in [-0.2, 0) is 11.4 Å². The molecule has 0 aliphatic carbocycles. The molecule has 0 N–H and O–H groups in total. The number of aromatic nitrogens is 1. The lowest BCUT2D eigenvalue weighted by atomic mass is 10.2. The molecule has 2 aromatic rings. The van der Waals surface area contributed by atoms with Crippen LogP contribution in [0.5, 0.6) is 5.75 Å². The van der Waals surface area contributed by atoms with Crippen molar-refractivity contribution in [1.82, 2.24) is 4.98 Å². The van der Waals surface area contributed by atoms with Crippen molar-refractivity contribution in [1.29, 1.82) is 0 Å². The smallest absolute Gasteiger partial charge is 0.270 e. The first-order valence-corrected chi connectivity index (χ1v) is 5.57. The van der Waals surface area contributed by atoms with E-state index in [9.17, 15) is 4.79 Å². The van der Waals surface area contributed by atoms with E-state index in [4.69, 9.17) is 4.74 Å². The number of carbonyl (C=O) groups excluding carboxylic acids is 1. The number of rotatable bonds is 3. The Morgan fingerprint density at radius 1 is 1.11 bits per heavy atom. The zero-order chi connectivity index (χ0) is 12.4. The number of pyridine rings is 1. The summed E-state index contributed by atoms with van der Waals surface area (Å²) in [5, 5.41) is 1.59. The number of amides is 1. The Bertz CT molecular complexity index is 708. The Kier molecular flexibility index (Phi) is 2.61. The first-order chi connectivity index (χ1) is 8.81. The van der Waals surface area contributed by atoms with E-state index in [1.54, 1.807) is 24.5 Å². The standard InChI is InChI=1S/C14H10N2O2/c17-14-8-11-7-10(1-2-13(11)16-14)9-18-12-3-5-15-6-4-12/h1-8H,9H2. The minimum atomic E-state index is -0.197. The highest BCUT2D eigenvalue weighted by Gasteiger charge is 2.04. The van der Waals surface area contributed by atoms with E-state index in [1.807, 2.05) is 18.2 Å². The van der Waals surface area contributed by atoms with Crippen LogP contribution in [0.1, 0.15) is 5.56 Å². The van der Waals surface area contributed by atoms with E-state index in [1.165, 1.54) is 6.08 Å². The van der Waals surface area contributed by atoms with E-state index < -0.39 is 0 Å². The third-order valence-electron chi connectivity index (χ3n) is 2.66. The van der Waals surface area contributed by atoms with Crippen LogP contribution in [0.3, 0.4) is 0 Å². The van der Waals surface area contributed by atoms with Gasteiger partial charge < -0.3 is 4.74 Å². The van der Waals surface area contributed by atoms with E-state index in [0.717, 1.165) is 21.9 Å². The largest absolute Gasteiger partial charge is 0.489 e. The fourth-order valence-electron chi connectivity index (χ4n) is 1.80. The molecule has 0 atom stereocenters. The lowest BCUT2D eigenvalue weighted by Gasteiger charge is -2.05. The second-order valence-corrected chi connectivity index (χ2v) is 3.96. The molecule has 0 saturated heterocycles. The average molecular weight is 238 g/mol. The zero-order valence-electron chi connectivity index (χ0n) is 9.54. The summed E-state index contributed by atoms with van der Waals surface area (Å²) < 4.78 is 5.61. The number of nitrogens with zero attached hydrogens (tertiary/aromatic N) is 2. The molecule has 0 fully saturated rings. The third kappa shape index (κ3) is 2.13. The van der Waals surface area contributed by atoms with Gasteiger partial charge in [-0.25, -0.2) is 4.99 Å². The molecule has 0 saturated carbocycles. The highest BCUT2D eigenvalue weighted by atomic mass is 16.5. The third-order valence-corrected chi connectivity index (χ3v) is 2.66. The molecule has 1 aliphatic rings. The average Bonchev–Trinajstić information content (AvgIpc) is 2.77. The van der Waals surface area contributed by atoms with Gasteiger partial charge >= 0.3 is 0 Å². The molecule has 4 heteroatoms. The van der Waals surface area contributed by atoms with Crippen LogP contribution >= 0.6 is 0 Å². The maximum Gasteiger partial charge on any atom is 0.270 e. The number of ether oxygens (including phenoxy) is 1. The molecule has 1 aliphatic heterocycles. The lowest BCUT2D eigenvalue weighted by Crippen LogP contribution is -2.21. The summed E-state index contributed by atoms with van der Waals surface area (Å²) in [5.41, 5.74) is 1.01. The second-order valence-electron chi connectivity index (χ2n) is 3.96. The van der Waals surface area contributed by atoms with Crippen LogP contribution < -0.4 is 15.3 Å². The second kappa shape index (κ2) is 4.41. The van der Waals surface area contributed by atoms with Gasteiger partial charge in [-0.05, 0) is 29.8 Å². The highest BCUT2D eigenvalue weighted by molar-refractivity contribution is 6.06. The van der Waals surface area contributed by atoms with Crippen molar-refractivity contribution in [2.75, 3.05) is 0 Å². The Hall–Kier alpha value is -2.49. The molecule has 4 nitrogen and oxygen atoms in total. The summed E-state index contributed by atoms with van der Waals surface area (Å²) in [5.74, 6) is 0.576. The number of carbonyl (C=O) groups is 1. The Labute approximate surface area is 103 Å². The molecule has 1 amide bonds. The summed E-state index contributed by atoms with van der Waals surface area (Å²) in [4.78, 5) is 18.9. The Morgan fingerprint density at radius 3 is 2.78 bits per heavy atom. The van der Waals surface area contributed by atoms with Crippen molar-refractivity contribution in [3.05, 3.63) is 58.9 Å². The van der Waals surface area contributed by atoms with E-state index in [2.05, 4.69) is 9.98 Å². The normalized spacial score (nSPS) is 12.6. The minimum Gasteiger partial charge on any atom is -0.489 e. The van der Waals surface area contributed by atoms with Gasteiger partial charge in [0.2, 0.25) is 0 Å². The molecule has 88 valence electrons. The topological polar surface area (TPSA) is 51.5 Å². The predicted molar refractivity (Wildman–Crippen MR) is 65.3 cm³/mol. The number of fused-ring (bicyclic) bond motifs is 1. The first-order valence-electron chi connectivity index (χ1n) is 5.57. The molecule has 18 heavy (non-hydrogen) atoms. The quantitative estimate of drug-likeness (QED) is 0.786. The van der Waals surface area contributed by atoms with Crippen LogP contribution in [0.4, 0.5) is 0 Å². The van der Waals surface area contributed by atoms with Gasteiger partial charge in [-0.1, -0.05) is 6.07 Å². The van der Waals surface area contributed by atoms with Crippen molar-refractivity contribution >= 4 is 12.0 Å². The lowest BCUT2D eigenvalue weighted by molar-refractivity contribution is -0.112. The van der Waals surface area contributed by atoms with Crippen LogP contribution in [0.15, 0.2) is 47.7 Å². The summed E-state index contributed by atoms with van der Waals surface area (Å²) in [6.07, 6.45) is 4.90. The number of hydrogen-bond donors (Lipinski definition) is 0. The molecule has 0 unspecified atom stereocenters. The predicted octanol–water partition coefficient (Wildman–Crippen LogP) is 0.601. The van der Waals surface area contributed by atoms with E-state index in [0.29, 0.717) is 6.61 Å². The molecule has 0 bridgehead atoms. The SMILES string of the molecule is O=C1C=c2cc(COc3ccncc3)ccc2=N1. The van der Waals surface area contributed by atoms with Crippen molar-refractivity contribution in [3.8, 4) is 5.75 Å². The van der Waals surface area contributed by atoms with Crippen LogP contribution in [0.2, 0.25) is 0 Å². The monoisotopic (exact) mass is 238 g/mol. The Balaban J connectivity index is 1.80. The maximum absolute atomic E-state index is 11.1. The van der Waals surface area contributed by atoms with Gasteiger partial charge in [0, 0.05) is 23.7 Å². The fourth-order valence-corrected chi connectivity index (χ4v) is 1.80. The molecule has 2 heterocycles. The molecular weight excluding hydrogens is 228 g/mol. The van der Waals surface area contributed by atoms with Crippen molar-refractivity contribution < 1.29 is 9.53 Å². The first kappa shape index (κ1) is 10.7. The van der Waals surface area contributed by atoms with Crippen LogP contribution in [-0.4, -0.2) is 10.9 Å². The molecule has 1 aromatic carbocycles. The fraction of sp³-hybridized carbons (Fsp3) is 0.0714. The van der Waals surface area contributed by atoms with Gasteiger partial charge in [-0.3, -0.25) is 9.78 Å². The van der Waals surface area contributed by atoms with Crippen molar-refractivity contribution in [3.63, 3.8) is 0 Å². The molecular formula is C14H10N2O2. The van der Waals surface area contributed by atoms with Gasteiger partial charge in [0.1, 0.15) is 12.4 Å². The van der Waals surface area contributed by atoms with Crippen molar-refractivity contribution in [2.24, 2.45) is 4.99 Å². The van der Waals surface area contributed by atoms with Gasteiger partial charge in [0.15, 0.2) is 0 Å². The molecule has 1 aromatic heterocycles. The molecule has 3 rings (SSSR count). The summed E-state index contributed by atoms with van der Waals surface area (Å²) in [6, 6.07) is 9.28. The summed E-state index contributed by atoms with van der Waals surface area (Å²) in [6.45, 7) is 0.458.